The topological polar surface area (TPSA) is 69.6 Å². The quantitative estimate of drug-likeness (QED) is 0.887. The molecule has 1 aliphatic rings. The molecule has 0 aromatic heterocycles. The summed E-state index contributed by atoms with van der Waals surface area (Å²) in [5.41, 5.74) is 4.50. The van der Waals surface area contributed by atoms with Crippen molar-refractivity contribution < 1.29 is 14.7 Å². The molecule has 1 amide bonds. The van der Waals surface area contributed by atoms with E-state index in [2.05, 4.69) is 17.1 Å². The summed E-state index contributed by atoms with van der Waals surface area (Å²) in [6, 6.07) is 12.7. The van der Waals surface area contributed by atoms with Gasteiger partial charge >= 0.3 is 5.97 Å². The Morgan fingerprint density at radius 1 is 1.08 bits per heavy atom. The second kappa shape index (κ2) is 6.84. The molecule has 2 aromatic rings. The van der Waals surface area contributed by atoms with Crippen LogP contribution in [0, 0.1) is 0 Å². The summed E-state index contributed by atoms with van der Waals surface area (Å²) in [4.78, 5) is 25.4. The van der Waals surface area contributed by atoms with Crippen molar-refractivity contribution in [3.05, 3.63) is 64.7 Å². The van der Waals surface area contributed by atoms with Crippen LogP contribution in [-0.2, 0) is 24.3 Å². The number of benzene rings is 2. The van der Waals surface area contributed by atoms with E-state index in [4.69, 9.17) is 5.11 Å². The van der Waals surface area contributed by atoms with Gasteiger partial charge in [-0.25, -0.2) is 0 Å². The molecule has 124 valence electrons. The predicted molar refractivity (Wildman–Crippen MR) is 92.0 cm³/mol. The predicted octanol–water partition coefficient (Wildman–Crippen LogP) is 2.90. The fourth-order valence-corrected chi connectivity index (χ4v) is 2.91. The number of nitrogens with zero attached hydrogens (tertiary/aromatic N) is 1. The molecule has 1 aliphatic heterocycles. The van der Waals surface area contributed by atoms with Gasteiger partial charge in [0.25, 0.3) is 5.91 Å². The van der Waals surface area contributed by atoms with Gasteiger partial charge in [0.05, 0.1) is 6.42 Å². The van der Waals surface area contributed by atoms with Crippen molar-refractivity contribution in [2.24, 2.45) is 0 Å². The number of hydrogen-bond donors (Lipinski definition) is 2. The molecule has 24 heavy (non-hydrogen) atoms. The second-order valence-corrected chi connectivity index (χ2v) is 6.01. The lowest BCUT2D eigenvalue weighted by Crippen LogP contribution is -2.14. The van der Waals surface area contributed by atoms with Crippen molar-refractivity contribution in [3.63, 3.8) is 0 Å². The molecule has 5 nitrogen and oxygen atoms in total. The summed E-state index contributed by atoms with van der Waals surface area (Å²) < 4.78 is 0. The third-order valence-corrected chi connectivity index (χ3v) is 4.27. The van der Waals surface area contributed by atoms with Gasteiger partial charge in [0, 0.05) is 24.3 Å². The number of carboxylic acids is 1. The standard InChI is InChI=1S/C19H20N2O3/c1-2-21-11-15-6-5-14(10-16(15)12-21)19(24)20-17-7-3-13(4-8-17)9-18(22)23/h3-8,10H,2,9,11-12H2,1H3,(H,20,24)(H,22,23). The highest BCUT2D eigenvalue weighted by Crippen LogP contribution is 2.24. The van der Waals surface area contributed by atoms with E-state index in [0.717, 1.165) is 19.6 Å². The van der Waals surface area contributed by atoms with Crippen LogP contribution in [-0.4, -0.2) is 28.4 Å². The Morgan fingerprint density at radius 3 is 2.46 bits per heavy atom. The second-order valence-electron chi connectivity index (χ2n) is 6.01. The Bertz CT molecular complexity index is 769. The normalized spacial score (nSPS) is 13.5. The van der Waals surface area contributed by atoms with Crippen LogP contribution in [0.1, 0.15) is 34.0 Å². The van der Waals surface area contributed by atoms with Gasteiger partial charge in [-0.2, -0.15) is 0 Å². The van der Waals surface area contributed by atoms with Crippen molar-refractivity contribution in [1.29, 1.82) is 0 Å². The van der Waals surface area contributed by atoms with Crippen LogP contribution in [0.25, 0.3) is 0 Å². The van der Waals surface area contributed by atoms with Crippen molar-refractivity contribution in [2.45, 2.75) is 26.4 Å². The summed E-state index contributed by atoms with van der Waals surface area (Å²) in [6.07, 6.45) is -0.0209. The molecule has 2 N–H and O–H groups in total. The summed E-state index contributed by atoms with van der Waals surface area (Å²) in [7, 11) is 0. The van der Waals surface area contributed by atoms with Crippen molar-refractivity contribution >= 4 is 17.6 Å². The van der Waals surface area contributed by atoms with Crippen LogP contribution in [0.15, 0.2) is 42.5 Å². The number of carbonyl (C=O) groups excluding carboxylic acids is 1. The summed E-state index contributed by atoms with van der Waals surface area (Å²) >= 11 is 0. The minimum atomic E-state index is -0.869. The summed E-state index contributed by atoms with van der Waals surface area (Å²) in [5.74, 6) is -1.02. The van der Waals surface area contributed by atoms with E-state index in [1.54, 1.807) is 24.3 Å². The maximum absolute atomic E-state index is 12.4. The van der Waals surface area contributed by atoms with Gasteiger partial charge in [-0.1, -0.05) is 25.1 Å². The lowest BCUT2D eigenvalue weighted by atomic mass is 10.1. The molecule has 5 heteroatoms. The third kappa shape index (κ3) is 3.63. The van der Waals surface area contributed by atoms with Gasteiger partial charge < -0.3 is 10.4 Å². The molecule has 3 rings (SSSR count). The minimum absolute atomic E-state index is 0.0209. The molecular weight excluding hydrogens is 304 g/mol. The molecule has 0 saturated heterocycles. The van der Waals surface area contributed by atoms with Crippen LogP contribution in [0.3, 0.4) is 0 Å². The zero-order valence-corrected chi connectivity index (χ0v) is 13.6. The Morgan fingerprint density at radius 2 is 1.79 bits per heavy atom. The van der Waals surface area contributed by atoms with E-state index in [9.17, 15) is 9.59 Å². The molecule has 0 bridgehead atoms. The monoisotopic (exact) mass is 324 g/mol. The van der Waals surface area contributed by atoms with Gasteiger partial charge in [0.1, 0.15) is 0 Å². The van der Waals surface area contributed by atoms with Gasteiger partial charge in [-0.05, 0) is 47.5 Å². The third-order valence-electron chi connectivity index (χ3n) is 4.27. The molecule has 0 fully saturated rings. The number of carbonyl (C=O) groups is 2. The first kappa shape index (κ1) is 16.2. The lowest BCUT2D eigenvalue weighted by molar-refractivity contribution is -0.136. The zero-order valence-electron chi connectivity index (χ0n) is 13.6. The molecule has 2 aromatic carbocycles. The van der Waals surface area contributed by atoms with Crippen LogP contribution in [0.5, 0.6) is 0 Å². The minimum Gasteiger partial charge on any atom is -0.481 e. The molecule has 0 spiro atoms. The molecular formula is C19H20N2O3. The number of aliphatic carboxylic acids is 1. The van der Waals surface area contributed by atoms with E-state index >= 15 is 0 Å². The highest BCUT2D eigenvalue weighted by molar-refractivity contribution is 6.04. The number of fused-ring (bicyclic) bond motifs is 1. The molecule has 0 atom stereocenters. The van der Waals surface area contributed by atoms with Gasteiger partial charge in [-0.3, -0.25) is 14.5 Å². The highest BCUT2D eigenvalue weighted by Gasteiger charge is 2.19. The number of amides is 1. The fraction of sp³-hybridized carbons (Fsp3) is 0.263. The Hall–Kier alpha value is -2.66. The van der Waals surface area contributed by atoms with E-state index < -0.39 is 5.97 Å². The fourth-order valence-electron chi connectivity index (χ4n) is 2.91. The average molecular weight is 324 g/mol. The number of anilines is 1. The Labute approximate surface area is 140 Å². The van der Waals surface area contributed by atoms with E-state index in [0.29, 0.717) is 16.8 Å². The molecule has 0 saturated carbocycles. The first-order valence-corrected chi connectivity index (χ1v) is 8.01. The highest BCUT2D eigenvalue weighted by atomic mass is 16.4. The Kier molecular flexibility index (Phi) is 4.62. The molecule has 0 radical (unpaired) electrons. The summed E-state index contributed by atoms with van der Waals surface area (Å²) in [6.45, 7) is 4.96. The van der Waals surface area contributed by atoms with Crippen LogP contribution < -0.4 is 5.32 Å². The van der Waals surface area contributed by atoms with Gasteiger partial charge in [0.2, 0.25) is 0 Å². The van der Waals surface area contributed by atoms with Crippen molar-refractivity contribution in [1.82, 2.24) is 4.90 Å². The number of carboxylic acid groups (broad SMARTS) is 1. The van der Waals surface area contributed by atoms with Crippen LogP contribution in [0.4, 0.5) is 5.69 Å². The smallest absolute Gasteiger partial charge is 0.307 e. The average Bonchev–Trinajstić information content (AvgIpc) is 2.98. The SMILES string of the molecule is CCN1Cc2ccc(C(=O)Nc3ccc(CC(=O)O)cc3)cc2C1. The van der Waals surface area contributed by atoms with Crippen LogP contribution >= 0.6 is 0 Å². The molecule has 1 heterocycles. The van der Waals surface area contributed by atoms with E-state index in [1.807, 2.05) is 18.2 Å². The molecule has 0 unspecified atom stereocenters. The van der Waals surface area contributed by atoms with E-state index in [1.165, 1.54) is 11.1 Å². The van der Waals surface area contributed by atoms with Crippen molar-refractivity contribution in [3.8, 4) is 0 Å². The van der Waals surface area contributed by atoms with Gasteiger partial charge in [-0.15, -0.1) is 0 Å². The lowest BCUT2D eigenvalue weighted by Gasteiger charge is -2.09. The first-order chi connectivity index (χ1) is 11.5. The van der Waals surface area contributed by atoms with Gasteiger partial charge in [0.15, 0.2) is 0 Å². The van der Waals surface area contributed by atoms with Crippen LogP contribution in [0.2, 0.25) is 0 Å². The maximum atomic E-state index is 12.4. The number of nitrogens with one attached hydrogen (secondary N) is 1. The van der Waals surface area contributed by atoms with Crippen molar-refractivity contribution in [2.75, 3.05) is 11.9 Å². The summed E-state index contributed by atoms with van der Waals surface area (Å²) in [5, 5.41) is 11.6. The van der Waals surface area contributed by atoms with E-state index in [-0.39, 0.29) is 12.3 Å². The largest absolute Gasteiger partial charge is 0.481 e. The Balaban J connectivity index is 1.68. The number of rotatable bonds is 5. The molecule has 0 aliphatic carbocycles. The maximum Gasteiger partial charge on any atom is 0.307 e. The first-order valence-electron chi connectivity index (χ1n) is 8.01. The zero-order chi connectivity index (χ0) is 17.1. The number of hydrogen-bond acceptors (Lipinski definition) is 3.